The highest BCUT2D eigenvalue weighted by Crippen LogP contribution is 2.53. The van der Waals surface area contributed by atoms with Gasteiger partial charge in [-0.3, -0.25) is 0 Å². The topological polar surface area (TPSA) is 40.5 Å². The van der Waals surface area contributed by atoms with Gasteiger partial charge in [-0.15, -0.1) is 0 Å². The van der Waals surface area contributed by atoms with Gasteiger partial charge in [0.2, 0.25) is 0 Å². The van der Waals surface area contributed by atoms with E-state index in [4.69, 9.17) is 10.2 Å². The molecule has 0 aromatic carbocycles. The maximum Gasteiger partial charge on any atom is 0.378 e. The van der Waals surface area contributed by atoms with Crippen LogP contribution in [-0.4, -0.2) is 35.3 Å². The molecule has 0 amide bonds. The highest BCUT2D eigenvalue weighted by molar-refractivity contribution is 4.97. The Balaban J connectivity index is 5.73. The molecule has 10 heteroatoms. The number of aliphatic hydroxyl groups is 2. The Kier molecular flexibility index (Phi) is 3.58. The van der Waals surface area contributed by atoms with Gasteiger partial charge >= 0.3 is 12.2 Å². The second kappa shape index (κ2) is 3.74. The Bertz CT molecular complexity index is 192. The lowest BCUT2D eigenvalue weighted by molar-refractivity contribution is -0.442. The van der Waals surface area contributed by atoms with E-state index in [-0.39, 0.29) is 0 Å². The molecule has 0 atom stereocenters. The van der Waals surface area contributed by atoms with Crippen LogP contribution < -0.4 is 0 Å². The Morgan fingerprint density at radius 1 is 0.667 bits per heavy atom. The fraction of sp³-hybridized carbons (Fsp3) is 1.00. The predicted octanol–water partition coefficient (Wildman–Crippen LogP) is 1.67. The molecule has 0 aliphatic rings. The summed E-state index contributed by atoms with van der Waals surface area (Å²) in [7, 11) is 0. The Morgan fingerprint density at radius 3 is 0.867 bits per heavy atom. The highest BCUT2D eigenvalue weighted by atomic mass is 19.3. The van der Waals surface area contributed by atoms with E-state index in [0.29, 0.717) is 0 Å². The van der Waals surface area contributed by atoms with Crippen molar-refractivity contribution in [2.75, 3.05) is 0 Å². The zero-order valence-electron chi connectivity index (χ0n) is 6.57. The standard InChI is InChI=1S/C5H4F8O2/c6-1(7)3(2(8)9,4(10,11)14)5(12,13)15/h1-2,14-15H. The van der Waals surface area contributed by atoms with Gasteiger partial charge in [0.25, 0.3) is 18.3 Å². The largest absolute Gasteiger partial charge is 0.378 e. The van der Waals surface area contributed by atoms with Crippen LogP contribution in [0.5, 0.6) is 0 Å². The number of alkyl halides is 8. The summed E-state index contributed by atoms with van der Waals surface area (Å²) in [5.74, 6) is 0. The van der Waals surface area contributed by atoms with Crippen LogP contribution in [-0.2, 0) is 0 Å². The molecule has 0 aliphatic carbocycles. The zero-order valence-corrected chi connectivity index (χ0v) is 6.57. The summed E-state index contributed by atoms with van der Waals surface area (Å²) in [4.78, 5) is 0. The molecule has 0 rings (SSSR count). The van der Waals surface area contributed by atoms with Crippen molar-refractivity contribution in [3.8, 4) is 0 Å². The second-order valence-corrected chi connectivity index (χ2v) is 2.55. The lowest BCUT2D eigenvalue weighted by Gasteiger charge is -2.37. The number of hydrogen-bond acceptors (Lipinski definition) is 2. The van der Waals surface area contributed by atoms with E-state index in [2.05, 4.69) is 0 Å². The van der Waals surface area contributed by atoms with Crippen molar-refractivity contribution < 1.29 is 45.3 Å². The molecule has 92 valence electrons. The first-order valence-electron chi connectivity index (χ1n) is 3.15. The quantitative estimate of drug-likeness (QED) is 0.743. The summed E-state index contributed by atoms with van der Waals surface area (Å²) in [6.07, 6.45) is -22.4. The van der Waals surface area contributed by atoms with Gasteiger partial charge in [-0.2, -0.15) is 17.6 Å². The molecule has 15 heavy (non-hydrogen) atoms. The van der Waals surface area contributed by atoms with E-state index in [1.807, 2.05) is 0 Å². The molecule has 0 bridgehead atoms. The molecule has 0 aromatic rings. The average molecular weight is 248 g/mol. The van der Waals surface area contributed by atoms with Gasteiger partial charge in [-0.1, -0.05) is 0 Å². The zero-order chi connectivity index (χ0) is 12.7. The minimum absolute atomic E-state index is 5.04. The number of rotatable bonds is 4. The van der Waals surface area contributed by atoms with E-state index in [1.54, 1.807) is 0 Å². The van der Waals surface area contributed by atoms with Gasteiger partial charge in [-0.25, -0.2) is 17.6 Å². The molecule has 0 radical (unpaired) electrons. The summed E-state index contributed by atoms with van der Waals surface area (Å²) >= 11 is 0. The molecule has 0 aliphatic heterocycles. The third-order valence-corrected chi connectivity index (χ3v) is 1.68. The first-order valence-corrected chi connectivity index (χ1v) is 3.15. The van der Waals surface area contributed by atoms with Crippen LogP contribution in [0, 0.1) is 5.41 Å². The van der Waals surface area contributed by atoms with Crippen LogP contribution in [0.3, 0.4) is 0 Å². The van der Waals surface area contributed by atoms with Gasteiger partial charge in [-0.05, 0) is 0 Å². The molecular formula is C5H4F8O2. The molecule has 0 heterocycles. The number of halogens is 8. The Labute approximate surface area is 77.1 Å². The van der Waals surface area contributed by atoms with Crippen molar-refractivity contribution in [3.63, 3.8) is 0 Å². The van der Waals surface area contributed by atoms with Gasteiger partial charge in [0.1, 0.15) is 0 Å². The maximum atomic E-state index is 12.0. The van der Waals surface area contributed by atoms with Crippen molar-refractivity contribution in [2.45, 2.75) is 25.1 Å². The molecule has 0 spiro atoms. The minimum Gasteiger partial charge on any atom is -0.335 e. The highest BCUT2D eigenvalue weighted by Gasteiger charge is 2.79. The Hall–Kier alpha value is -0.640. The minimum atomic E-state index is -6.16. The van der Waals surface area contributed by atoms with Gasteiger partial charge in [0.15, 0.2) is 0 Å². The number of hydrogen-bond donors (Lipinski definition) is 2. The lowest BCUT2D eigenvalue weighted by atomic mass is 9.85. The SMILES string of the molecule is OC(F)(F)C(C(F)F)(C(F)F)C(O)(F)F. The summed E-state index contributed by atoms with van der Waals surface area (Å²) in [5.41, 5.74) is -5.85. The summed E-state index contributed by atoms with van der Waals surface area (Å²) in [5, 5.41) is 15.3. The van der Waals surface area contributed by atoms with Crippen molar-refractivity contribution in [2.24, 2.45) is 5.41 Å². The van der Waals surface area contributed by atoms with Crippen molar-refractivity contribution in [3.05, 3.63) is 0 Å². The van der Waals surface area contributed by atoms with Crippen molar-refractivity contribution in [1.82, 2.24) is 0 Å². The fourth-order valence-electron chi connectivity index (χ4n) is 0.801. The van der Waals surface area contributed by atoms with Gasteiger partial charge < -0.3 is 10.2 Å². The van der Waals surface area contributed by atoms with E-state index >= 15 is 0 Å². The maximum absolute atomic E-state index is 12.0. The van der Waals surface area contributed by atoms with Crippen LogP contribution in [0.1, 0.15) is 0 Å². The monoisotopic (exact) mass is 248 g/mol. The molecule has 0 unspecified atom stereocenters. The predicted molar refractivity (Wildman–Crippen MR) is 28.8 cm³/mol. The molecule has 2 N–H and O–H groups in total. The molecule has 0 saturated heterocycles. The van der Waals surface area contributed by atoms with E-state index in [9.17, 15) is 35.1 Å². The Morgan fingerprint density at radius 2 is 0.867 bits per heavy atom. The second-order valence-electron chi connectivity index (χ2n) is 2.55. The van der Waals surface area contributed by atoms with E-state index in [0.717, 1.165) is 0 Å². The summed E-state index contributed by atoms with van der Waals surface area (Å²) < 4.78 is 95.3. The van der Waals surface area contributed by atoms with E-state index in [1.165, 1.54) is 0 Å². The smallest absolute Gasteiger partial charge is 0.335 e. The third-order valence-electron chi connectivity index (χ3n) is 1.68. The third kappa shape index (κ3) is 2.00. The fourth-order valence-corrected chi connectivity index (χ4v) is 0.801. The van der Waals surface area contributed by atoms with Crippen LogP contribution in [0.4, 0.5) is 35.1 Å². The molecule has 0 saturated carbocycles. The van der Waals surface area contributed by atoms with Crippen LogP contribution in [0.2, 0.25) is 0 Å². The van der Waals surface area contributed by atoms with Gasteiger partial charge in [0, 0.05) is 0 Å². The van der Waals surface area contributed by atoms with Crippen molar-refractivity contribution >= 4 is 0 Å². The summed E-state index contributed by atoms with van der Waals surface area (Å²) in [6.45, 7) is 0. The molecular weight excluding hydrogens is 244 g/mol. The van der Waals surface area contributed by atoms with E-state index < -0.39 is 30.5 Å². The van der Waals surface area contributed by atoms with Gasteiger partial charge in [0.05, 0.1) is 0 Å². The van der Waals surface area contributed by atoms with Crippen LogP contribution in [0.15, 0.2) is 0 Å². The van der Waals surface area contributed by atoms with Crippen molar-refractivity contribution in [1.29, 1.82) is 0 Å². The average Bonchev–Trinajstić information content (AvgIpc) is 1.75. The molecule has 2 nitrogen and oxygen atoms in total. The van der Waals surface area contributed by atoms with Crippen LogP contribution in [0.25, 0.3) is 0 Å². The summed E-state index contributed by atoms with van der Waals surface area (Å²) in [6, 6.07) is 0. The first kappa shape index (κ1) is 14.4. The lowest BCUT2D eigenvalue weighted by Crippen LogP contribution is -2.63. The van der Waals surface area contributed by atoms with Crippen LogP contribution >= 0.6 is 0 Å². The molecule has 0 aromatic heterocycles. The molecule has 0 fully saturated rings. The normalized spacial score (nSPS) is 15.2. The first-order chi connectivity index (χ1) is 6.39.